The van der Waals surface area contributed by atoms with Crippen LogP contribution in [-0.2, 0) is 11.0 Å². The lowest BCUT2D eigenvalue weighted by molar-refractivity contribution is 0.285. The van der Waals surface area contributed by atoms with Crippen LogP contribution in [0.25, 0.3) is 11.3 Å². The maximum absolute atomic E-state index is 6.22. The zero-order chi connectivity index (χ0) is 22.4. The smallest absolute Gasteiger partial charge is 0.203 e. The third-order valence-electron chi connectivity index (χ3n) is 5.66. The molecule has 0 fully saturated rings. The monoisotopic (exact) mass is 432 g/mol. The van der Waals surface area contributed by atoms with Gasteiger partial charge in [-0.05, 0) is 48.0 Å². The molecule has 6 nitrogen and oxygen atoms in total. The number of hydrogen-bond donors (Lipinski definition) is 1. The Bertz CT molecular complexity index is 809. The van der Waals surface area contributed by atoms with Crippen molar-refractivity contribution in [2.45, 2.75) is 45.4 Å². The van der Waals surface area contributed by atoms with E-state index in [0.717, 1.165) is 36.5 Å². The lowest BCUT2D eigenvalue weighted by atomic mass is 10.1. The molecule has 0 aliphatic carbocycles. The highest BCUT2D eigenvalue weighted by Gasteiger charge is 2.36. The first-order chi connectivity index (χ1) is 14.1. The summed E-state index contributed by atoms with van der Waals surface area (Å²) in [5.41, 5.74) is 2.92. The molecule has 1 aromatic heterocycles. The fourth-order valence-corrected chi connectivity index (χ4v) is 3.84. The molecule has 2 aromatic rings. The van der Waals surface area contributed by atoms with Crippen LogP contribution >= 0.6 is 0 Å². The van der Waals surface area contributed by atoms with Crippen molar-refractivity contribution in [3.63, 3.8) is 0 Å². The molecule has 7 heteroatoms. The van der Waals surface area contributed by atoms with Crippen molar-refractivity contribution in [3.8, 4) is 28.5 Å². The maximum Gasteiger partial charge on any atom is 0.203 e. The van der Waals surface area contributed by atoms with Crippen LogP contribution < -0.4 is 19.5 Å². The molecular weight excluding hydrogens is 396 g/mol. The summed E-state index contributed by atoms with van der Waals surface area (Å²) in [6.07, 6.45) is 1.82. The van der Waals surface area contributed by atoms with Crippen molar-refractivity contribution in [2.24, 2.45) is 0 Å². The van der Waals surface area contributed by atoms with Gasteiger partial charge in [-0.3, -0.25) is 4.98 Å². The molecule has 0 saturated heterocycles. The van der Waals surface area contributed by atoms with Crippen LogP contribution in [0.2, 0.25) is 18.1 Å². The Morgan fingerprint density at radius 2 is 1.60 bits per heavy atom. The highest BCUT2D eigenvalue weighted by molar-refractivity contribution is 6.74. The predicted octanol–water partition coefficient (Wildman–Crippen LogP) is 4.89. The summed E-state index contributed by atoms with van der Waals surface area (Å²) in [6, 6.07) is 7.91. The molecule has 0 atom stereocenters. The molecule has 30 heavy (non-hydrogen) atoms. The minimum absolute atomic E-state index is 0.230. The topological polar surface area (TPSA) is 61.8 Å². The number of nitrogens with one attached hydrogen (secondary N) is 1. The van der Waals surface area contributed by atoms with Crippen molar-refractivity contribution in [2.75, 3.05) is 34.5 Å². The summed E-state index contributed by atoms with van der Waals surface area (Å²) in [5, 5.41) is 3.70. The van der Waals surface area contributed by atoms with Crippen LogP contribution in [-0.4, -0.2) is 47.8 Å². The molecule has 0 aliphatic rings. The van der Waals surface area contributed by atoms with Crippen molar-refractivity contribution in [1.29, 1.82) is 0 Å². The van der Waals surface area contributed by atoms with Crippen molar-refractivity contribution < 1.29 is 18.6 Å². The van der Waals surface area contributed by atoms with Gasteiger partial charge in [-0.15, -0.1) is 0 Å². The van der Waals surface area contributed by atoms with Gasteiger partial charge in [0.05, 0.1) is 27.0 Å². The van der Waals surface area contributed by atoms with Crippen LogP contribution in [0.1, 0.15) is 26.3 Å². The van der Waals surface area contributed by atoms with Gasteiger partial charge < -0.3 is 24.0 Å². The van der Waals surface area contributed by atoms with E-state index in [4.69, 9.17) is 18.6 Å². The Balaban J connectivity index is 2.04. The zero-order valence-corrected chi connectivity index (χ0v) is 20.6. The molecule has 2 rings (SSSR count). The van der Waals surface area contributed by atoms with Gasteiger partial charge in [0.1, 0.15) is 0 Å². The third kappa shape index (κ3) is 5.96. The van der Waals surface area contributed by atoms with Crippen molar-refractivity contribution in [3.05, 3.63) is 36.0 Å². The molecule has 0 aliphatic heterocycles. The Kier molecular flexibility index (Phi) is 8.29. The molecular formula is C23H36N2O4Si. The van der Waals surface area contributed by atoms with Crippen molar-refractivity contribution in [1.82, 2.24) is 10.3 Å². The molecule has 0 saturated carbocycles. The van der Waals surface area contributed by atoms with Crippen LogP contribution in [0.5, 0.6) is 17.2 Å². The number of hydrogen-bond acceptors (Lipinski definition) is 6. The molecule has 0 bridgehead atoms. The summed E-state index contributed by atoms with van der Waals surface area (Å²) in [5.74, 6) is 1.79. The second-order valence-electron chi connectivity index (χ2n) is 8.75. The van der Waals surface area contributed by atoms with E-state index >= 15 is 0 Å². The van der Waals surface area contributed by atoms with Gasteiger partial charge >= 0.3 is 0 Å². The van der Waals surface area contributed by atoms with E-state index in [9.17, 15) is 0 Å². The lowest BCUT2D eigenvalue weighted by Gasteiger charge is -2.36. The zero-order valence-electron chi connectivity index (χ0n) is 19.6. The normalized spacial score (nSPS) is 12.0. The van der Waals surface area contributed by atoms with Crippen LogP contribution in [0.3, 0.4) is 0 Å². The fourth-order valence-electron chi connectivity index (χ4n) is 2.80. The van der Waals surface area contributed by atoms with Gasteiger partial charge in [0.2, 0.25) is 5.75 Å². The van der Waals surface area contributed by atoms with E-state index in [0.29, 0.717) is 17.2 Å². The predicted molar refractivity (Wildman–Crippen MR) is 124 cm³/mol. The average molecular weight is 433 g/mol. The second kappa shape index (κ2) is 10.3. The molecule has 1 heterocycles. The van der Waals surface area contributed by atoms with E-state index in [1.807, 2.05) is 24.4 Å². The number of benzene rings is 1. The van der Waals surface area contributed by atoms with Gasteiger partial charge in [-0.2, -0.15) is 0 Å². The molecule has 1 N–H and O–H groups in total. The van der Waals surface area contributed by atoms with Gasteiger partial charge in [0.25, 0.3) is 0 Å². The minimum Gasteiger partial charge on any atom is -0.493 e. The van der Waals surface area contributed by atoms with E-state index in [-0.39, 0.29) is 5.04 Å². The van der Waals surface area contributed by atoms with E-state index in [1.54, 1.807) is 21.3 Å². The molecule has 0 radical (unpaired) electrons. The number of pyridine rings is 1. The summed E-state index contributed by atoms with van der Waals surface area (Å²) in [6.45, 7) is 13.6. The molecule has 0 spiro atoms. The first-order valence-electron chi connectivity index (χ1n) is 10.2. The van der Waals surface area contributed by atoms with Crippen LogP contribution in [0.15, 0.2) is 30.5 Å². The highest BCUT2D eigenvalue weighted by atomic mass is 28.4. The Morgan fingerprint density at radius 1 is 0.967 bits per heavy atom. The van der Waals surface area contributed by atoms with E-state index in [1.165, 1.54) is 0 Å². The summed E-state index contributed by atoms with van der Waals surface area (Å²) in [7, 11) is 3.12. The number of ether oxygens (including phenoxy) is 3. The Morgan fingerprint density at radius 3 is 2.13 bits per heavy atom. The fraction of sp³-hybridized carbons (Fsp3) is 0.522. The molecule has 0 unspecified atom stereocenters. The summed E-state index contributed by atoms with van der Waals surface area (Å²) < 4.78 is 22.5. The number of methoxy groups -OCH3 is 3. The number of rotatable bonds is 10. The third-order valence-corrected chi connectivity index (χ3v) is 10.2. The summed E-state index contributed by atoms with van der Waals surface area (Å²) in [4.78, 5) is 4.52. The second-order valence-corrected chi connectivity index (χ2v) is 13.6. The van der Waals surface area contributed by atoms with Crippen LogP contribution in [0, 0.1) is 0 Å². The Hall–Kier alpha value is -2.09. The van der Waals surface area contributed by atoms with Gasteiger partial charge in [0.15, 0.2) is 19.8 Å². The van der Waals surface area contributed by atoms with Crippen molar-refractivity contribution >= 4 is 8.32 Å². The SMILES string of the molecule is COc1cc(-c2cc(CNCCO[Si](C)(C)C(C)(C)C)ccn2)cc(OC)c1OC. The van der Waals surface area contributed by atoms with E-state index < -0.39 is 8.32 Å². The molecule has 0 amide bonds. The first-order valence-corrected chi connectivity index (χ1v) is 13.1. The number of aromatic nitrogens is 1. The number of nitrogens with zero attached hydrogens (tertiary/aromatic N) is 1. The van der Waals surface area contributed by atoms with Crippen LogP contribution in [0.4, 0.5) is 0 Å². The standard InChI is InChI=1S/C23H36N2O4Si/c1-23(2,3)30(7,8)29-12-11-24-16-17-9-10-25-19(13-17)18-14-20(26-4)22(28-6)21(15-18)27-5/h9-10,13-15,24H,11-12,16H2,1-8H3. The van der Waals surface area contributed by atoms with Gasteiger partial charge in [-0.25, -0.2) is 0 Å². The maximum atomic E-state index is 6.22. The Labute approximate surface area is 182 Å². The first kappa shape index (κ1) is 24.2. The molecule has 166 valence electrons. The average Bonchev–Trinajstić information content (AvgIpc) is 2.71. The quantitative estimate of drug-likeness (QED) is 0.426. The van der Waals surface area contributed by atoms with Gasteiger partial charge in [0, 0.05) is 31.5 Å². The van der Waals surface area contributed by atoms with Gasteiger partial charge in [-0.1, -0.05) is 20.8 Å². The van der Waals surface area contributed by atoms with E-state index in [2.05, 4.69) is 50.2 Å². The lowest BCUT2D eigenvalue weighted by Crippen LogP contribution is -2.42. The summed E-state index contributed by atoms with van der Waals surface area (Å²) >= 11 is 0. The highest BCUT2D eigenvalue weighted by Crippen LogP contribution is 2.41. The molecule has 1 aromatic carbocycles. The largest absolute Gasteiger partial charge is 0.493 e. The minimum atomic E-state index is -1.70.